The van der Waals surface area contributed by atoms with Crippen LogP contribution in [0, 0.1) is 0 Å². The number of ether oxygens (including phenoxy) is 1. The maximum atomic E-state index is 9.31. The highest BCUT2D eigenvalue weighted by Gasteiger charge is 2.03. The summed E-state index contributed by atoms with van der Waals surface area (Å²) in [5.74, 6) is 1.24. The van der Waals surface area contributed by atoms with E-state index in [0.717, 1.165) is 16.9 Å². The van der Waals surface area contributed by atoms with Gasteiger partial charge in [0, 0.05) is 5.92 Å². The van der Waals surface area contributed by atoms with Crippen LogP contribution in [0.3, 0.4) is 0 Å². The van der Waals surface area contributed by atoms with Gasteiger partial charge in [0.05, 0.1) is 7.11 Å². The predicted octanol–water partition coefficient (Wildman–Crippen LogP) is 4.38. The summed E-state index contributed by atoms with van der Waals surface area (Å²) in [6.07, 6.45) is 6.02. The Bertz CT molecular complexity index is 580. The fraction of sp³-hybridized carbons (Fsp3) is 0.111. The molecule has 102 valence electrons. The first-order valence-corrected chi connectivity index (χ1v) is 6.46. The van der Waals surface area contributed by atoms with Crippen molar-refractivity contribution in [2.45, 2.75) is 5.92 Å². The molecule has 0 spiro atoms. The molecule has 0 fully saturated rings. The third-order valence-electron chi connectivity index (χ3n) is 3.14. The minimum Gasteiger partial charge on any atom is -0.508 e. The van der Waals surface area contributed by atoms with E-state index < -0.39 is 0 Å². The Kier molecular flexibility index (Phi) is 4.61. The van der Waals surface area contributed by atoms with Gasteiger partial charge in [0.15, 0.2) is 0 Å². The van der Waals surface area contributed by atoms with Crippen LogP contribution in [0.1, 0.15) is 17.0 Å². The van der Waals surface area contributed by atoms with Gasteiger partial charge in [-0.15, -0.1) is 6.58 Å². The third kappa shape index (κ3) is 3.51. The van der Waals surface area contributed by atoms with Crippen molar-refractivity contribution in [1.82, 2.24) is 0 Å². The Labute approximate surface area is 119 Å². The number of hydrogen-bond acceptors (Lipinski definition) is 2. The van der Waals surface area contributed by atoms with Gasteiger partial charge in [-0.2, -0.15) is 0 Å². The molecule has 2 aromatic rings. The van der Waals surface area contributed by atoms with Crippen molar-refractivity contribution in [1.29, 1.82) is 0 Å². The van der Waals surface area contributed by atoms with Crippen molar-refractivity contribution < 1.29 is 9.84 Å². The van der Waals surface area contributed by atoms with E-state index in [1.54, 1.807) is 19.2 Å². The molecule has 20 heavy (non-hydrogen) atoms. The Morgan fingerprint density at radius 1 is 1.05 bits per heavy atom. The fourth-order valence-corrected chi connectivity index (χ4v) is 1.95. The highest BCUT2D eigenvalue weighted by atomic mass is 16.5. The molecule has 0 aromatic heterocycles. The largest absolute Gasteiger partial charge is 0.508 e. The number of aromatic hydroxyl groups is 1. The van der Waals surface area contributed by atoms with Crippen LogP contribution in [-0.2, 0) is 0 Å². The first-order chi connectivity index (χ1) is 9.72. The van der Waals surface area contributed by atoms with Crippen LogP contribution in [0.15, 0.2) is 67.3 Å². The number of allylic oxidation sites excluding steroid dienone is 2. The van der Waals surface area contributed by atoms with E-state index in [-0.39, 0.29) is 11.7 Å². The van der Waals surface area contributed by atoms with E-state index in [0.29, 0.717) is 0 Å². The molecule has 0 unspecified atom stereocenters. The normalized spacial score (nSPS) is 12.2. The molecule has 0 bridgehead atoms. The zero-order chi connectivity index (χ0) is 14.4. The van der Waals surface area contributed by atoms with Crippen LogP contribution in [0.4, 0.5) is 0 Å². The molecule has 0 aliphatic rings. The second-order valence-corrected chi connectivity index (χ2v) is 4.49. The smallest absolute Gasteiger partial charge is 0.118 e. The lowest BCUT2D eigenvalue weighted by Crippen LogP contribution is -1.89. The second-order valence-electron chi connectivity index (χ2n) is 4.49. The summed E-state index contributed by atoms with van der Waals surface area (Å²) in [5.41, 5.74) is 2.21. The van der Waals surface area contributed by atoms with Gasteiger partial charge in [-0.1, -0.05) is 42.5 Å². The lowest BCUT2D eigenvalue weighted by Gasteiger charge is -2.08. The zero-order valence-electron chi connectivity index (χ0n) is 11.5. The number of phenols is 1. The second kappa shape index (κ2) is 6.62. The van der Waals surface area contributed by atoms with Gasteiger partial charge in [-0.25, -0.2) is 0 Å². The Hall–Kier alpha value is -2.48. The predicted molar refractivity (Wildman–Crippen MR) is 83.1 cm³/mol. The SMILES string of the molecule is C=C[C@H](/C=C\c1ccc(OC)cc1)c1ccc(O)cc1. The molecule has 2 aromatic carbocycles. The van der Waals surface area contributed by atoms with Crippen molar-refractivity contribution in [2.75, 3.05) is 7.11 Å². The Balaban J connectivity index is 2.14. The van der Waals surface area contributed by atoms with Crippen LogP contribution in [0.2, 0.25) is 0 Å². The standard InChI is InChI=1S/C18H18O2/c1-3-15(16-8-10-17(19)11-9-16)7-4-14-5-12-18(20-2)13-6-14/h3-13,15,19H,1H2,2H3/b7-4-/t15-/m1/s1. The summed E-state index contributed by atoms with van der Waals surface area (Å²) in [5, 5.41) is 9.31. The summed E-state index contributed by atoms with van der Waals surface area (Å²) in [4.78, 5) is 0. The molecular weight excluding hydrogens is 248 g/mol. The molecule has 1 N–H and O–H groups in total. The Morgan fingerprint density at radius 3 is 2.25 bits per heavy atom. The molecule has 2 rings (SSSR count). The number of methoxy groups -OCH3 is 1. The summed E-state index contributed by atoms with van der Waals surface area (Å²) in [6.45, 7) is 3.87. The third-order valence-corrected chi connectivity index (χ3v) is 3.14. The van der Waals surface area contributed by atoms with Gasteiger partial charge in [0.1, 0.15) is 11.5 Å². The average molecular weight is 266 g/mol. The van der Waals surface area contributed by atoms with Crippen LogP contribution < -0.4 is 4.74 Å². The van der Waals surface area contributed by atoms with Crippen molar-refractivity contribution in [3.63, 3.8) is 0 Å². The summed E-state index contributed by atoms with van der Waals surface area (Å²) in [7, 11) is 1.66. The average Bonchev–Trinajstić information content (AvgIpc) is 2.50. The van der Waals surface area contributed by atoms with Crippen LogP contribution in [0.5, 0.6) is 11.5 Å². The first kappa shape index (κ1) is 13.9. The van der Waals surface area contributed by atoms with Gasteiger partial charge >= 0.3 is 0 Å². The molecule has 0 saturated carbocycles. The van der Waals surface area contributed by atoms with Crippen LogP contribution in [0.25, 0.3) is 6.08 Å². The molecule has 0 heterocycles. The molecule has 0 radical (unpaired) electrons. The molecule has 0 saturated heterocycles. The minimum atomic E-state index is 0.123. The molecule has 0 aliphatic heterocycles. The number of phenolic OH excluding ortho intramolecular Hbond substituents is 1. The number of rotatable bonds is 5. The van der Waals surface area contributed by atoms with E-state index in [4.69, 9.17) is 4.74 Å². The van der Waals surface area contributed by atoms with Crippen molar-refractivity contribution in [3.8, 4) is 11.5 Å². The molecule has 0 amide bonds. The van der Waals surface area contributed by atoms with E-state index in [2.05, 4.69) is 18.7 Å². The van der Waals surface area contributed by atoms with E-state index in [1.807, 2.05) is 42.5 Å². The lowest BCUT2D eigenvalue weighted by atomic mass is 9.98. The van der Waals surface area contributed by atoms with Crippen LogP contribution >= 0.6 is 0 Å². The number of benzene rings is 2. The number of hydrogen-bond donors (Lipinski definition) is 1. The van der Waals surface area contributed by atoms with E-state index in [9.17, 15) is 5.11 Å². The molecule has 1 atom stereocenters. The van der Waals surface area contributed by atoms with Gasteiger partial charge in [0.25, 0.3) is 0 Å². The van der Waals surface area contributed by atoms with Gasteiger partial charge < -0.3 is 9.84 Å². The molecule has 0 aliphatic carbocycles. The lowest BCUT2D eigenvalue weighted by molar-refractivity contribution is 0.415. The quantitative estimate of drug-likeness (QED) is 0.814. The van der Waals surface area contributed by atoms with E-state index in [1.165, 1.54) is 0 Å². The van der Waals surface area contributed by atoms with Gasteiger partial charge in [-0.3, -0.25) is 0 Å². The topological polar surface area (TPSA) is 29.5 Å². The van der Waals surface area contributed by atoms with Crippen molar-refractivity contribution >= 4 is 6.08 Å². The fourth-order valence-electron chi connectivity index (χ4n) is 1.95. The molecule has 2 heteroatoms. The summed E-state index contributed by atoms with van der Waals surface area (Å²) < 4.78 is 5.13. The maximum Gasteiger partial charge on any atom is 0.118 e. The summed E-state index contributed by atoms with van der Waals surface area (Å²) >= 11 is 0. The van der Waals surface area contributed by atoms with Crippen LogP contribution in [-0.4, -0.2) is 12.2 Å². The monoisotopic (exact) mass is 266 g/mol. The molecular formula is C18H18O2. The highest BCUT2D eigenvalue weighted by molar-refractivity contribution is 5.53. The highest BCUT2D eigenvalue weighted by Crippen LogP contribution is 2.22. The first-order valence-electron chi connectivity index (χ1n) is 6.46. The van der Waals surface area contributed by atoms with Crippen molar-refractivity contribution in [3.05, 3.63) is 78.4 Å². The zero-order valence-corrected chi connectivity index (χ0v) is 11.5. The van der Waals surface area contributed by atoms with Gasteiger partial charge in [-0.05, 0) is 35.4 Å². The minimum absolute atomic E-state index is 0.123. The Morgan fingerprint density at radius 2 is 1.70 bits per heavy atom. The van der Waals surface area contributed by atoms with Crippen molar-refractivity contribution in [2.24, 2.45) is 0 Å². The maximum absolute atomic E-state index is 9.31. The van der Waals surface area contributed by atoms with E-state index >= 15 is 0 Å². The molecule has 2 nitrogen and oxygen atoms in total. The summed E-state index contributed by atoms with van der Waals surface area (Å²) in [6, 6.07) is 15.1. The van der Waals surface area contributed by atoms with Gasteiger partial charge in [0.2, 0.25) is 0 Å².